The van der Waals surface area contributed by atoms with E-state index < -0.39 is 24.2 Å². The average molecular weight is 697 g/mol. The van der Waals surface area contributed by atoms with Crippen molar-refractivity contribution in [3.05, 3.63) is 139 Å². The molecule has 0 spiro atoms. The van der Waals surface area contributed by atoms with Gasteiger partial charge in [0.2, 0.25) is 0 Å². The fourth-order valence-corrected chi connectivity index (χ4v) is 4.25. The molecule has 4 rings (SSSR count). The topological polar surface area (TPSA) is 125 Å². The van der Waals surface area contributed by atoms with Crippen LogP contribution in [0.4, 0.5) is 0 Å². The molecule has 0 aromatic heterocycles. The maximum Gasteiger partial charge on any atom is 0.343 e. The van der Waals surface area contributed by atoms with Gasteiger partial charge in [-0.15, -0.1) is 0 Å². The molecular weight excluding hydrogens is 656 g/mol. The molecule has 266 valence electrons. The van der Waals surface area contributed by atoms with Crippen LogP contribution in [0.15, 0.2) is 122 Å². The fourth-order valence-electron chi connectivity index (χ4n) is 4.25. The van der Waals surface area contributed by atoms with E-state index in [1.54, 1.807) is 61.7 Å². The second-order valence-electron chi connectivity index (χ2n) is 11.0. The van der Waals surface area contributed by atoms with E-state index in [1.165, 1.54) is 48.5 Å². The molecule has 0 radical (unpaired) electrons. The van der Waals surface area contributed by atoms with Gasteiger partial charge in [0.25, 0.3) is 0 Å². The summed E-state index contributed by atoms with van der Waals surface area (Å²) in [6.07, 6.45) is 1.76. The molecule has 0 bridgehead atoms. The van der Waals surface area contributed by atoms with Gasteiger partial charge >= 0.3 is 17.9 Å². The third-order valence-electron chi connectivity index (χ3n) is 6.83. The van der Waals surface area contributed by atoms with Gasteiger partial charge in [-0.1, -0.05) is 18.7 Å². The van der Waals surface area contributed by atoms with E-state index in [9.17, 15) is 14.4 Å². The lowest BCUT2D eigenvalue weighted by Crippen LogP contribution is -2.14. The molecule has 0 amide bonds. The molecule has 4 aromatic carbocycles. The van der Waals surface area contributed by atoms with Gasteiger partial charge in [-0.2, -0.15) is 0 Å². The normalized spacial score (nSPS) is 11.2. The summed E-state index contributed by atoms with van der Waals surface area (Å²) < 4.78 is 43.5. The number of esters is 3. The van der Waals surface area contributed by atoms with Gasteiger partial charge in [0, 0.05) is 13.5 Å². The SMILES string of the molecule is C=CC(OC)OCCCOc1ccc(C(=O)Oc2ccc(OC(=O)c3ccc(OC(=O)c4ccc(OCCOCC(=C)C)cc4)cc3)cc2)cc1. The second-order valence-corrected chi connectivity index (χ2v) is 11.0. The summed E-state index contributed by atoms with van der Waals surface area (Å²) in [5, 5.41) is 0. The zero-order chi connectivity index (χ0) is 36.4. The van der Waals surface area contributed by atoms with Gasteiger partial charge < -0.3 is 37.9 Å². The Morgan fingerprint density at radius 3 is 1.37 bits per heavy atom. The highest BCUT2D eigenvalue weighted by molar-refractivity contribution is 5.93. The zero-order valence-electron chi connectivity index (χ0n) is 28.5. The van der Waals surface area contributed by atoms with Crippen molar-refractivity contribution in [3.63, 3.8) is 0 Å². The first-order chi connectivity index (χ1) is 24.7. The van der Waals surface area contributed by atoms with Crippen molar-refractivity contribution in [2.24, 2.45) is 0 Å². The van der Waals surface area contributed by atoms with Crippen molar-refractivity contribution in [2.75, 3.05) is 40.1 Å². The number of carbonyl (C=O) groups is 3. The first-order valence-electron chi connectivity index (χ1n) is 16.1. The lowest BCUT2D eigenvalue weighted by atomic mass is 10.2. The van der Waals surface area contributed by atoms with E-state index in [4.69, 9.17) is 37.9 Å². The summed E-state index contributed by atoms with van der Waals surface area (Å²) in [6, 6.07) is 25.1. The van der Waals surface area contributed by atoms with Crippen LogP contribution in [0.3, 0.4) is 0 Å². The molecule has 0 saturated carbocycles. The van der Waals surface area contributed by atoms with Crippen LogP contribution in [0.2, 0.25) is 0 Å². The zero-order valence-corrected chi connectivity index (χ0v) is 28.5. The van der Waals surface area contributed by atoms with Gasteiger partial charge in [-0.05, 0) is 110 Å². The molecule has 11 nitrogen and oxygen atoms in total. The van der Waals surface area contributed by atoms with Crippen LogP contribution in [0.1, 0.15) is 44.4 Å². The largest absolute Gasteiger partial charge is 0.494 e. The smallest absolute Gasteiger partial charge is 0.343 e. The highest BCUT2D eigenvalue weighted by Gasteiger charge is 2.14. The Labute approximate surface area is 296 Å². The number of rotatable bonds is 20. The molecule has 11 heteroatoms. The van der Waals surface area contributed by atoms with Crippen LogP contribution in [0, 0.1) is 0 Å². The Bertz CT molecular complexity index is 1730. The Morgan fingerprint density at radius 2 is 0.980 bits per heavy atom. The number of methoxy groups -OCH3 is 1. The standard InChI is InChI=1S/C40H40O11/c1-5-37(44-4)48-24-6-23-46-32-13-7-29(8-14-32)39(42)50-35-19-21-36(22-20-35)51-40(43)31-11-17-34(18-12-31)49-38(41)30-9-15-33(16-10-30)47-26-25-45-27-28(2)3/h5,7-22,37H,1-2,6,23-27H2,3-4H3. The molecule has 0 aliphatic rings. The molecule has 4 aromatic rings. The van der Waals surface area contributed by atoms with Crippen LogP contribution in [0.5, 0.6) is 28.7 Å². The third-order valence-corrected chi connectivity index (χ3v) is 6.83. The molecular formula is C40H40O11. The van der Waals surface area contributed by atoms with E-state index in [2.05, 4.69) is 13.2 Å². The Balaban J connectivity index is 1.18. The van der Waals surface area contributed by atoms with E-state index in [-0.39, 0.29) is 22.8 Å². The van der Waals surface area contributed by atoms with Crippen LogP contribution in [-0.4, -0.2) is 64.3 Å². The van der Waals surface area contributed by atoms with Crippen molar-refractivity contribution in [1.29, 1.82) is 0 Å². The predicted molar refractivity (Wildman–Crippen MR) is 189 cm³/mol. The highest BCUT2D eigenvalue weighted by Crippen LogP contribution is 2.22. The summed E-state index contributed by atoms with van der Waals surface area (Å²) >= 11 is 0. The van der Waals surface area contributed by atoms with Gasteiger partial charge in [0.15, 0.2) is 6.29 Å². The molecule has 0 aliphatic heterocycles. The number of ether oxygens (including phenoxy) is 8. The van der Waals surface area contributed by atoms with Gasteiger partial charge in [0.1, 0.15) is 35.4 Å². The molecule has 51 heavy (non-hydrogen) atoms. The van der Waals surface area contributed by atoms with E-state index in [1.807, 2.05) is 6.92 Å². The second kappa shape index (κ2) is 20.1. The highest BCUT2D eigenvalue weighted by atomic mass is 16.7. The van der Waals surface area contributed by atoms with Gasteiger partial charge in [-0.3, -0.25) is 0 Å². The molecule has 1 unspecified atom stereocenters. The summed E-state index contributed by atoms with van der Waals surface area (Å²) in [6.45, 7) is 11.4. The van der Waals surface area contributed by atoms with Crippen LogP contribution in [-0.2, 0) is 14.2 Å². The lowest BCUT2D eigenvalue weighted by Gasteiger charge is -2.12. The minimum atomic E-state index is -0.621. The van der Waals surface area contributed by atoms with Crippen LogP contribution < -0.4 is 23.7 Å². The minimum Gasteiger partial charge on any atom is -0.494 e. The minimum absolute atomic E-state index is 0.243. The number of benzene rings is 4. The summed E-state index contributed by atoms with van der Waals surface area (Å²) in [4.78, 5) is 37.9. The first-order valence-corrected chi connectivity index (χ1v) is 16.1. The summed E-state index contributed by atoms with van der Waals surface area (Å²) in [5.41, 5.74) is 1.85. The number of hydrogen-bond acceptors (Lipinski definition) is 11. The lowest BCUT2D eigenvalue weighted by molar-refractivity contribution is -0.0921. The Hall–Kier alpha value is -5.75. The molecule has 1 atom stereocenters. The van der Waals surface area contributed by atoms with Crippen molar-refractivity contribution < 1.29 is 52.3 Å². The van der Waals surface area contributed by atoms with E-state index >= 15 is 0 Å². The van der Waals surface area contributed by atoms with Crippen molar-refractivity contribution in [3.8, 4) is 28.7 Å². The van der Waals surface area contributed by atoms with Crippen molar-refractivity contribution in [2.45, 2.75) is 19.6 Å². The number of carbonyl (C=O) groups excluding carboxylic acids is 3. The summed E-state index contributed by atoms with van der Waals surface area (Å²) in [5.74, 6) is 0.226. The Morgan fingerprint density at radius 1 is 0.588 bits per heavy atom. The third kappa shape index (κ3) is 12.9. The van der Waals surface area contributed by atoms with Crippen molar-refractivity contribution >= 4 is 17.9 Å². The van der Waals surface area contributed by atoms with E-state index in [0.29, 0.717) is 62.1 Å². The Kier molecular flexibility index (Phi) is 15.0. The molecule has 0 heterocycles. The summed E-state index contributed by atoms with van der Waals surface area (Å²) in [7, 11) is 1.54. The van der Waals surface area contributed by atoms with Gasteiger partial charge in [0.05, 0.1) is 43.1 Å². The van der Waals surface area contributed by atoms with Crippen molar-refractivity contribution in [1.82, 2.24) is 0 Å². The maximum absolute atomic E-state index is 12.7. The van der Waals surface area contributed by atoms with Crippen LogP contribution in [0.25, 0.3) is 0 Å². The maximum atomic E-state index is 12.7. The monoisotopic (exact) mass is 696 g/mol. The van der Waals surface area contributed by atoms with Crippen LogP contribution >= 0.6 is 0 Å². The molecule has 0 N–H and O–H groups in total. The predicted octanol–water partition coefficient (Wildman–Crippen LogP) is 7.26. The molecule has 0 saturated heterocycles. The quantitative estimate of drug-likeness (QED) is 0.0305. The molecule has 0 aliphatic carbocycles. The average Bonchev–Trinajstić information content (AvgIpc) is 3.14. The fraction of sp³-hybridized carbons (Fsp3) is 0.225. The first kappa shape index (κ1) is 38.1. The van der Waals surface area contributed by atoms with E-state index in [0.717, 1.165) is 5.57 Å². The molecule has 0 fully saturated rings. The number of hydrogen-bond donors (Lipinski definition) is 0. The van der Waals surface area contributed by atoms with Gasteiger partial charge in [-0.25, -0.2) is 14.4 Å².